The fraction of sp³-hybridized carbons (Fsp3) is 0.704. The molecule has 3 nitrogen and oxygen atoms in total. The van der Waals surface area contributed by atoms with Crippen molar-refractivity contribution < 1.29 is 4.74 Å². The summed E-state index contributed by atoms with van der Waals surface area (Å²) in [5.74, 6) is 2.48. The van der Waals surface area contributed by atoms with Crippen LogP contribution in [0.1, 0.15) is 69.8 Å². The minimum atomic E-state index is 0.0681. The van der Waals surface area contributed by atoms with E-state index < -0.39 is 0 Å². The van der Waals surface area contributed by atoms with Gasteiger partial charge in [0, 0.05) is 11.6 Å². The van der Waals surface area contributed by atoms with Crippen molar-refractivity contribution in [1.29, 1.82) is 0 Å². The summed E-state index contributed by atoms with van der Waals surface area (Å²) in [6, 6.07) is 11.2. The van der Waals surface area contributed by atoms with Gasteiger partial charge in [0.15, 0.2) is 0 Å². The first-order valence-corrected chi connectivity index (χ1v) is 13.0. The standard InChI is InChI=1S/C27H36N2OS/c28-15-18-6-8-19(9-7-18)16-29-25(31)27-13-20-12-26(17-27,21-4-2-1-3-5-21)14-23(27)24(20)30-22-10-11-22/h1-5,16,18-20,22-24H,6-15,17,28H2/b29-16+. The molecule has 6 fully saturated rings. The van der Waals surface area contributed by atoms with Crippen LogP contribution in [-0.4, -0.2) is 30.0 Å². The average Bonchev–Trinajstić information content (AvgIpc) is 3.56. The van der Waals surface area contributed by atoms with Gasteiger partial charge in [0.25, 0.3) is 0 Å². The number of benzene rings is 1. The van der Waals surface area contributed by atoms with Gasteiger partial charge < -0.3 is 10.5 Å². The predicted molar refractivity (Wildman–Crippen MR) is 129 cm³/mol. The van der Waals surface area contributed by atoms with E-state index in [4.69, 9.17) is 27.7 Å². The van der Waals surface area contributed by atoms with Gasteiger partial charge in [0.2, 0.25) is 0 Å². The third kappa shape index (κ3) is 3.45. The molecular weight excluding hydrogens is 400 g/mol. The maximum absolute atomic E-state index is 6.64. The van der Waals surface area contributed by atoms with Crippen LogP contribution in [0.25, 0.3) is 0 Å². The Morgan fingerprint density at radius 3 is 2.55 bits per heavy atom. The van der Waals surface area contributed by atoms with E-state index in [1.54, 1.807) is 0 Å². The van der Waals surface area contributed by atoms with E-state index in [0.29, 0.717) is 35.9 Å². The highest BCUT2D eigenvalue weighted by Crippen LogP contribution is 2.72. The molecule has 0 saturated heterocycles. The van der Waals surface area contributed by atoms with Crippen LogP contribution in [0.4, 0.5) is 0 Å². The van der Waals surface area contributed by atoms with E-state index in [-0.39, 0.29) is 10.8 Å². The predicted octanol–water partition coefficient (Wildman–Crippen LogP) is 5.46. The average molecular weight is 437 g/mol. The first-order chi connectivity index (χ1) is 15.1. The van der Waals surface area contributed by atoms with Gasteiger partial charge in [-0.1, -0.05) is 42.5 Å². The Labute approximate surface area is 192 Å². The second-order valence-electron chi connectivity index (χ2n) is 11.4. The van der Waals surface area contributed by atoms with Gasteiger partial charge >= 0.3 is 0 Å². The Hall–Kier alpha value is -1.10. The van der Waals surface area contributed by atoms with E-state index in [2.05, 4.69) is 36.5 Å². The largest absolute Gasteiger partial charge is 0.374 e. The number of thiocarbonyl (C=S) groups is 1. The smallest absolute Gasteiger partial charge is 0.109 e. The normalized spacial score (nSPS) is 43.7. The van der Waals surface area contributed by atoms with Gasteiger partial charge in [0.1, 0.15) is 4.99 Å². The molecule has 0 heterocycles. The Morgan fingerprint density at radius 2 is 1.84 bits per heavy atom. The molecule has 5 unspecified atom stereocenters. The van der Waals surface area contributed by atoms with Crippen LogP contribution in [0.5, 0.6) is 0 Å². The van der Waals surface area contributed by atoms with Crippen LogP contribution in [-0.2, 0) is 10.2 Å². The van der Waals surface area contributed by atoms with Crippen molar-refractivity contribution in [2.24, 2.45) is 39.8 Å². The Kier molecular flexibility index (Phi) is 5.12. The molecule has 6 aliphatic rings. The second-order valence-corrected chi connectivity index (χ2v) is 11.7. The molecule has 1 aromatic rings. The zero-order chi connectivity index (χ0) is 21.1. The summed E-state index contributed by atoms with van der Waals surface area (Å²) in [6.45, 7) is 0.832. The van der Waals surface area contributed by atoms with Crippen molar-refractivity contribution in [3.05, 3.63) is 35.9 Å². The topological polar surface area (TPSA) is 47.6 Å². The summed E-state index contributed by atoms with van der Waals surface area (Å²) < 4.78 is 6.64. The molecule has 0 radical (unpaired) electrons. The number of nitrogens with two attached hydrogens (primary N) is 1. The maximum Gasteiger partial charge on any atom is 0.109 e. The number of aliphatic imine (C=N–C) groups is 1. The quantitative estimate of drug-likeness (QED) is 0.476. The molecule has 6 saturated carbocycles. The van der Waals surface area contributed by atoms with E-state index >= 15 is 0 Å². The zero-order valence-electron chi connectivity index (χ0n) is 18.5. The molecule has 5 atom stereocenters. The molecule has 0 aliphatic heterocycles. The van der Waals surface area contributed by atoms with Crippen molar-refractivity contribution in [2.75, 3.05) is 6.54 Å². The summed E-state index contributed by atoms with van der Waals surface area (Å²) in [4.78, 5) is 6.03. The highest BCUT2D eigenvalue weighted by Gasteiger charge is 2.70. The molecule has 0 aromatic heterocycles. The summed E-state index contributed by atoms with van der Waals surface area (Å²) in [7, 11) is 0. The van der Waals surface area contributed by atoms with Crippen LogP contribution in [0.15, 0.2) is 35.3 Å². The summed E-state index contributed by atoms with van der Waals surface area (Å²) in [5, 5.41) is 0. The van der Waals surface area contributed by atoms with Gasteiger partial charge in [-0.2, -0.15) is 0 Å². The molecular formula is C27H36N2OS. The number of rotatable bonds is 6. The number of hydrogen-bond donors (Lipinski definition) is 1. The Bertz CT molecular complexity index is 859. The van der Waals surface area contributed by atoms with Crippen LogP contribution in [0.3, 0.4) is 0 Å². The fourth-order valence-electron chi connectivity index (χ4n) is 7.79. The molecule has 4 bridgehead atoms. The monoisotopic (exact) mass is 436 g/mol. The molecule has 7 rings (SSSR count). The van der Waals surface area contributed by atoms with Crippen molar-refractivity contribution in [2.45, 2.75) is 81.8 Å². The lowest BCUT2D eigenvalue weighted by molar-refractivity contribution is -0.0381. The maximum atomic E-state index is 6.64. The zero-order valence-corrected chi connectivity index (χ0v) is 19.4. The number of ether oxygens (including phenoxy) is 1. The summed E-state index contributed by atoms with van der Waals surface area (Å²) >= 11 is 6.14. The molecule has 0 spiro atoms. The summed E-state index contributed by atoms with van der Waals surface area (Å²) in [6.07, 6.45) is 15.4. The van der Waals surface area contributed by atoms with Crippen LogP contribution < -0.4 is 5.73 Å². The van der Waals surface area contributed by atoms with Crippen molar-refractivity contribution in [3.8, 4) is 0 Å². The van der Waals surface area contributed by atoms with Gasteiger partial charge in [-0.15, -0.1) is 0 Å². The Balaban J connectivity index is 1.25. The van der Waals surface area contributed by atoms with Crippen molar-refractivity contribution in [1.82, 2.24) is 0 Å². The van der Waals surface area contributed by atoms with Crippen LogP contribution in [0.2, 0.25) is 0 Å². The number of nitrogens with zero attached hydrogens (tertiary/aromatic N) is 1. The first-order valence-electron chi connectivity index (χ1n) is 12.6. The summed E-state index contributed by atoms with van der Waals surface area (Å²) in [5.41, 5.74) is 7.73. The highest BCUT2D eigenvalue weighted by atomic mass is 32.1. The van der Waals surface area contributed by atoms with Crippen LogP contribution in [0, 0.1) is 29.1 Å². The SMILES string of the molecule is NCC1CCC(/C=N/C(=S)C23CC4CC(c5ccccc5)(CC2C4OC2CC2)C3)CC1. The second kappa shape index (κ2) is 7.74. The van der Waals surface area contributed by atoms with Crippen molar-refractivity contribution in [3.63, 3.8) is 0 Å². The van der Waals surface area contributed by atoms with Crippen LogP contribution >= 0.6 is 12.2 Å². The van der Waals surface area contributed by atoms with Gasteiger partial charge in [0.05, 0.1) is 12.2 Å². The molecule has 4 heteroatoms. The lowest BCUT2D eigenvalue weighted by Gasteiger charge is -2.43. The third-order valence-corrected chi connectivity index (χ3v) is 9.94. The molecule has 31 heavy (non-hydrogen) atoms. The minimum Gasteiger partial charge on any atom is -0.374 e. The van der Waals surface area contributed by atoms with E-state index in [1.807, 2.05) is 0 Å². The van der Waals surface area contributed by atoms with Gasteiger partial charge in [-0.25, -0.2) is 0 Å². The lowest BCUT2D eigenvalue weighted by Crippen LogP contribution is -2.39. The molecule has 6 aliphatic carbocycles. The van der Waals surface area contributed by atoms with Crippen molar-refractivity contribution >= 4 is 23.4 Å². The minimum absolute atomic E-state index is 0.0681. The fourth-order valence-corrected chi connectivity index (χ4v) is 8.16. The van der Waals surface area contributed by atoms with Gasteiger partial charge in [-0.3, -0.25) is 4.99 Å². The molecule has 0 amide bonds. The molecule has 1 aromatic carbocycles. The number of hydrogen-bond acceptors (Lipinski definition) is 3. The van der Waals surface area contributed by atoms with Gasteiger partial charge in [-0.05, 0) is 105 Å². The molecule has 166 valence electrons. The lowest BCUT2D eigenvalue weighted by atomic mass is 9.63. The van der Waals surface area contributed by atoms with E-state index in [9.17, 15) is 0 Å². The van der Waals surface area contributed by atoms with E-state index in [0.717, 1.165) is 11.5 Å². The molecule has 2 N–H and O–H groups in total. The Morgan fingerprint density at radius 1 is 1.06 bits per heavy atom. The first kappa shape index (κ1) is 20.5. The highest BCUT2D eigenvalue weighted by molar-refractivity contribution is 7.80. The third-order valence-electron chi connectivity index (χ3n) is 9.43. The van der Waals surface area contributed by atoms with E-state index in [1.165, 1.54) is 69.8 Å².